The van der Waals surface area contributed by atoms with Gasteiger partial charge in [0, 0.05) is 36.2 Å². The van der Waals surface area contributed by atoms with Gasteiger partial charge in [-0.1, -0.05) is 30.3 Å². The van der Waals surface area contributed by atoms with Crippen LogP contribution in [0, 0.1) is 5.92 Å². The van der Waals surface area contributed by atoms with Crippen LogP contribution in [0.5, 0.6) is 5.75 Å². The lowest BCUT2D eigenvalue weighted by Crippen LogP contribution is -2.35. The molecular formula is C30H29N7O4S. The molecule has 4 aromatic rings. The van der Waals surface area contributed by atoms with E-state index in [9.17, 15) is 14.4 Å². The molecule has 2 aliphatic rings. The number of fused-ring (bicyclic) bond motifs is 1. The third-order valence-corrected chi connectivity index (χ3v) is 8.19. The number of ether oxygens (including phenoxy) is 1. The topological polar surface area (TPSA) is 138 Å². The number of aromatic nitrogens is 3. The van der Waals surface area contributed by atoms with Crippen molar-refractivity contribution in [2.75, 3.05) is 31.3 Å². The number of carbonyl (C=O) groups excluding carboxylic acids is 3. The third kappa shape index (κ3) is 5.53. The number of benzene rings is 2. The average molecular weight is 587 g/mol. The highest BCUT2D eigenvalue weighted by Gasteiger charge is 2.30. The van der Waals surface area contributed by atoms with Crippen molar-refractivity contribution in [3.63, 3.8) is 0 Å². The summed E-state index contributed by atoms with van der Waals surface area (Å²) in [5.74, 6) is -0.936. The predicted octanol–water partition coefficient (Wildman–Crippen LogP) is 4.26. The van der Waals surface area contributed by atoms with Crippen LogP contribution in [-0.2, 0) is 17.8 Å². The van der Waals surface area contributed by atoms with Gasteiger partial charge in [-0.05, 0) is 42.5 Å². The number of hydrogen-bond acceptors (Lipinski definition) is 9. The van der Waals surface area contributed by atoms with Crippen LogP contribution in [0.2, 0.25) is 0 Å². The molecule has 214 valence electrons. The van der Waals surface area contributed by atoms with E-state index in [0.29, 0.717) is 40.0 Å². The fourth-order valence-electron chi connectivity index (χ4n) is 4.84. The van der Waals surface area contributed by atoms with Crippen molar-refractivity contribution in [1.82, 2.24) is 25.4 Å². The molecule has 1 saturated carbocycles. The van der Waals surface area contributed by atoms with E-state index < -0.39 is 12.9 Å². The zero-order valence-corrected chi connectivity index (χ0v) is 23.5. The number of amides is 3. The van der Waals surface area contributed by atoms with E-state index in [2.05, 4.69) is 31.9 Å². The van der Waals surface area contributed by atoms with Crippen molar-refractivity contribution in [3.05, 3.63) is 76.4 Å². The lowest BCUT2D eigenvalue weighted by Gasteiger charge is -2.28. The van der Waals surface area contributed by atoms with Crippen molar-refractivity contribution in [1.29, 1.82) is 0 Å². The highest BCUT2D eigenvalue weighted by Crippen LogP contribution is 2.40. The molecule has 11 nitrogen and oxygen atoms in total. The smallest absolute Gasteiger partial charge is 0.273 e. The maximum atomic E-state index is 13.4. The van der Waals surface area contributed by atoms with Crippen LogP contribution >= 0.6 is 11.3 Å². The molecule has 0 saturated heterocycles. The Hall–Kier alpha value is -4.84. The molecule has 3 amide bonds. The molecule has 0 atom stereocenters. The molecule has 42 heavy (non-hydrogen) atoms. The van der Waals surface area contributed by atoms with Crippen molar-refractivity contribution in [3.8, 4) is 16.3 Å². The summed E-state index contributed by atoms with van der Waals surface area (Å²) < 4.78 is 28.1. The number of thiazole rings is 1. The Balaban J connectivity index is 1.28. The van der Waals surface area contributed by atoms with E-state index in [1.54, 1.807) is 24.4 Å². The fourth-order valence-corrected chi connectivity index (χ4v) is 5.75. The number of anilines is 3. The molecule has 0 spiro atoms. The Morgan fingerprint density at radius 3 is 2.69 bits per heavy atom. The molecule has 1 fully saturated rings. The summed E-state index contributed by atoms with van der Waals surface area (Å²) in [5.41, 5.74) is 3.17. The fraction of sp³-hybridized carbons (Fsp3) is 0.267. The van der Waals surface area contributed by atoms with Gasteiger partial charge in [-0.25, -0.2) is 4.98 Å². The summed E-state index contributed by atoms with van der Waals surface area (Å²) in [6.45, 7) is -1.61. The second-order valence-electron chi connectivity index (χ2n) is 10.00. The largest absolute Gasteiger partial charge is 0.494 e. The van der Waals surface area contributed by atoms with Crippen LogP contribution < -0.4 is 20.7 Å². The van der Waals surface area contributed by atoms with E-state index in [1.165, 1.54) is 30.1 Å². The number of methoxy groups -OCH3 is 1. The van der Waals surface area contributed by atoms with Crippen molar-refractivity contribution < 1.29 is 23.2 Å². The van der Waals surface area contributed by atoms with Gasteiger partial charge in [0.25, 0.3) is 11.8 Å². The van der Waals surface area contributed by atoms with E-state index in [4.69, 9.17) is 8.85 Å². The Bertz CT molecular complexity index is 1790. The molecule has 0 unspecified atom stereocenters. The van der Waals surface area contributed by atoms with Crippen LogP contribution in [0.1, 0.15) is 48.2 Å². The standard InChI is InChI=1S/C30H29N7O4S/c1-31-28(39)25-22(14-24(35-36-25)34-27(38)18-10-11-18)33-21-9-5-8-20(26(21)41-2)29-32-15-23(42-29)30(40)37-13-12-17-6-3-4-7-19(17)16-37/h3-9,14-15,18H,10-13,16H2,1-2H3,(H,31,39)(H2,33,34,35,38)/i1D3. The quantitative estimate of drug-likeness (QED) is 0.279. The van der Waals surface area contributed by atoms with Crippen LogP contribution in [0.3, 0.4) is 0 Å². The highest BCUT2D eigenvalue weighted by molar-refractivity contribution is 7.17. The Labute approximate surface area is 250 Å². The second-order valence-corrected chi connectivity index (χ2v) is 11.0. The van der Waals surface area contributed by atoms with Gasteiger partial charge < -0.3 is 25.6 Å². The Morgan fingerprint density at radius 2 is 1.90 bits per heavy atom. The molecule has 2 aromatic carbocycles. The first-order chi connectivity index (χ1) is 21.6. The number of nitrogens with one attached hydrogen (secondary N) is 3. The highest BCUT2D eigenvalue weighted by atomic mass is 32.1. The van der Waals surface area contributed by atoms with Gasteiger partial charge in [0.1, 0.15) is 9.88 Å². The molecule has 3 heterocycles. The zero-order valence-electron chi connectivity index (χ0n) is 25.6. The number of rotatable bonds is 8. The van der Waals surface area contributed by atoms with Crippen molar-refractivity contribution >= 4 is 46.3 Å². The minimum atomic E-state index is -2.76. The lowest BCUT2D eigenvalue weighted by atomic mass is 10.00. The van der Waals surface area contributed by atoms with Crippen molar-refractivity contribution in [2.45, 2.75) is 25.8 Å². The normalized spacial score (nSPS) is 15.5. The number of carbonyl (C=O) groups is 3. The second kappa shape index (κ2) is 11.6. The molecule has 0 bridgehead atoms. The zero-order chi connectivity index (χ0) is 31.7. The molecule has 6 rings (SSSR count). The third-order valence-electron chi connectivity index (χ3n) is 7.18. The van der Waals surface area contributed by atoms with Gasteiger partial charge in [-0.3, -0.25) is 14.4 Å². The minimum Gasteiger partial charge on any atom is -0.494 e. The first-order valence-corrected chi connectivity index (χ1v) is 14.2. The van der Waals surface area contributed by atoms with Gasteiger partial charge in [0.05, 0.1) is 30.2 Å². The molecule has 2 aromatic heterocycles. The minimum absolute atomic E-state index is 0.0914. The average Bonchev–Trinajstić information content (AvgIpc) is 3.76. The summed E-state index contributed by atoms with van der Waals surface area (Å²) >= 11 is 1.24. The maximum absolute atomic E-state index is 13.4. The number of hydrogen-bond donors (Lipinski definition) is 3. The molecule has 0 radical (unpaired) electrons. The van der Waals surface area contributed by atoms with Crippen LogP contribution in [0.25, 0.3) is 10.6 Å². The molecule has 1 aliphatic carbocycles. The SMILES string of the molecule is [2H]C([2H])([2H])NC(=O)c1nnc(NC(=O)C2CC2)cc1Nc1cccc(-c2ncc(C(=O)N3CCc4ccccc4C3)s2)c1OC. The molecule has 3 N–H and O–H groups in total. The molecule has 12 heteroatoms. The molecular weight excluding hydrogens is 554 g/mol. The van der Waals surface area contributed by atoms with E-state index >= 15 is 0 Å². The predicted molar refractivity (Wildman–Crippen MR) is 159 cm³/mol. The first-order valence-electron chi connectivity index (χ1n) is 14.9. The van der Waals surface area contributed by atoms with Crippen LogP contribution in [0.15, 0.2) is 54.7 Å². The van der Waals surface area contributed by atoms with Gasteiger partial charge >= 0.3 is 0 Å². The summed E-state index contributed by atoms with van der Waals surface area (Å²) in [6.07, 6.45) is 3.91. The van der Waals surface area contributed by atoms with E-state index in [1.807, 2.05) is 28.4 Å². The summed E-state index contributed by atoms with van der Waals surface area (Å²) in [5, 5.41) is 16.1. The monoisotopic (exact) mass is 586 g/mol. The van der Waals surface area contributed by atoms with Gasteiger partial charge in [0.15, 0.2) is 17.3 Å². The van der Waals surface area contributed by atoms with Gasteiger partial charge in [-0.2, -0.15) is 0 Å². The van der Waals surface area contributed by atoms with Gasteiger partial charge in [0.2, 0.25) is 5.91 Å². The van der Waals surface area contributed by atoms with Crippen LogP contribution in [-0.4, -0.2) is 58.4 Å². The number of nitrogens with zero attached hydrogens (tertiary/aromatic N) is 4. The van der Waals surface area contributed by atoms with Crippen molar-refractivity contribution in [2.24, 2.45) is 5.92 Å². The summed E-state index contributed by atoms with van der Waals surface area (Å²) in [7, 11) is 1.48. The Morgan fingerprint density at radius 1 is 1.07 bits per heavy atom. The lowest BCUT2D eigenvalue weighted by molar-refractivity contribution is -0.117. The first kappa shape index (κ1) is 23.8. The van der Waals surface area contributed by atoms with E-state index in [-0.39, 0.29) is 34.9 Å². The van der Waals surface area contributed by atoms with E-state index in [0.717, 1.165) is 24.8 Å². The molecule has 1 aliphatic heterocycles. The maximum Gasteiger partial charge on any atom is 0.273 e. The summed E-state index contributed by atoms with van der Waals surface area (Å²) in [4.78, 5) is 45.4. The Kier molecular flexibility index (Phi) is 6.56. The van der Waals surface area contributed by atoms with Crippen LogP contribution in [0.4, 0.5) is 17.2 Å². The summed E-state index contributed by atoms with van der Waals surface area (Å²) in [6, 6.07) is 14.8. The number of para-hydroxylation sites is 1. The van der Waals surface area contributed by atoms with Gasteiger partial charge in [-0.15, -0.1) is 21.5 Å².